The quantitative estimate of drug-likeness (QED) is 0.521. The number of halogens is 1. The minimum Gasteiger partial charge on any atom is -0.398 e. The van der Waals surface area contributed by atoms with E-state index in [4.69, 9.17) is 5.73 Å². The molecule has 0 saturated heterocycles. The maximum atomic E-state index is 12.9. The van der Waals surface area contributed by atoms with Gasteiger partial charge >= 0.3 is 0 Å². The van der Waals surface area contributed by atoms with Crippen LogP contribution in [0.2, 0.25) is 0 Å². The van der Waals surface area contributed by atoms with Gasteiger partial charge < -0.3 is 16.4 Å². The summed E-state index contributed by atoms with van der Waals surface area (Å²) in [6.45, 7) is 1.96. The number of amides is 2. The van der Waals surface area contributed by atoms with E-state index in [1.165, 1.54) is 19.1 Å². The van der Waals surface area contributed by atoms with E-state index in [1.54, 1.807) is 0 Å². The molecule has 4 N–H and O–H groups in total. The van der Waals surface area contributed by atoms with Crippen molar-refractivity contribution in [3.63, 3.8) is 0 Å². The third kappa shape index (κ3) is 4.10. The maximum absolute atomic E-state index is 12.9. The second kappa shape index (κ2) is 5.83. The van der Waals surface area contributed by atoms with E-state index in [0.29, 0.717) is 6.54 Å². The maximum Gasteiger partial charge on any atom is 0.253 e. The molecule has 0 spiro atoms. The zero-order valence-corrected chi connectivity index (χ0v) is 9.42. The van der Waals surface area contributed by atoms with Crippen LogP contribution in [0.25, 0.3) is 0 Å². The van der Waals surface area contributed by atoms with Gasteiger partial charge in [-0.1, -0.05) is 0 Å². The molecule has 1 rings (SSSR count). The first-order valence-electron chi connectivity index (χ1n) is 5.08. The van der Waals surface area contributed by atoms with Crippen LogP contribution in [-0.4, -0.2) is 24.9 Å². The second-order valence-electron chi connectivity index (χ2n) is 3.47. The van der Waals surface area contributed by atoms with Gasteiger partial charge in [0.25, 0.3) is 5.91 Å². The number of benzene rings is 1. The third-order valence-electron chi connectivity index (χ3n) is 2.04. The summed E-state index contributed by atoms with van der Waals surface area (Å²) in [5.41, 5.74) is 5.85. The minimum absolute atomic E-state index is 0.0906. The molecule has 0 atom stereocenters. The highest BCUT2D eigenvalue weighted by Crippen LogP contribution is 2.12. The van der Waals surface area contributed by atoms with Crippen LogP contribution in [0.3, 0.4) is 0 Å². The highest BCUT2D eigenvalue weighted by molar-refractivity contribution is 5.99. The lowest BCUT2D eigenvalue weighted by Crippen LogP contribution is -2.34. The molecule has 0 fully saturated rings. The highest BCUT2D eigenvalue weighted by atomic mass is 19.1. The number of anilines is 1. The van der Waals surface area contributed by atoms with Crippen LogP contribution in [0.1, 0.15) is 17.3 Å². The van der Waals surface area contributed by atoms with E-state index in [1.807, 2.05) is 0 Å². The van der Waals surface area contributed by atoms with Crippen LogP contribution in [0.5, 0.6) is 0 Å². The average Bonchev–Trinajstić information content (AvgIpc) is 2.27. The largest absolute Gasteiger partial charge is 0.398 e. The Morgan fingerprint density at radius 1 is 1.29 bits per heavy atom. The molecule has 1 aromatic carbocycles. The summed E-state index contributed by atoms with van der Waals surface area (Å²) in [7, 11) is 0. The Morgan fingerprint density at radius 3 is 2.59 bits per heavy atom. The summed E-state index contributed by atoms with van der Waals surface area (Å²) in [6.07, 6.45) is 0. The first-order chi connectivity index (χ1) is 8.00. The highest BCUT2D eigenvalue weighted by Gasteiger charge is 2.09. The Labute approximate surface area is 98.2 Å². The lowest BCUT2D eigenvalue weighted by Gasteiger charge is -2.07. The Bertz CT molecular complexity index is 435. The fourth-order valence-electron chi connectivity index (χ4n) is 1.23. The van der Waals surface area contributed by atoms with Gasteiger partial charge in [0.15, 0.2) is 0 Å². The van der Waals surface area contributed by atoms with E-state index in [2.05, 4.69) is 10.6 Å². The van der Waals surface area contributed by atoms with Crippen molar-refractivity contribution < 1.29 is 14.0 Å². The van der Waals surface area contributed by atoms with Crippen LogP contribution in [-0.2, 0) is 4.79 Å². The molecular formula is C11H14FN3O2. The fourth-order valence-corrected chi connectivity index (χ4v) is 1.23. The fraction of sp³-hybridized carbons (Fsp3) is 0.273. The predicted octanol–water partition coefficient (Wildman–Crippen LogP) is 0.274. The molecule has 2 amide bonds. The van der Waals surface area contributed by atoms with Gasteiger partial charge in [0.2, 0.25) is 5.91 Å². The van der Waals surface area contributed by atoms with E-state index in [-0.39, 0.29) is 23.7 Å². The second-order valence-corrected chi connectivity index (χ2v) is 3.47. The summed E-state index contributed by atoms with van der Waals surface area (Å²) >= 11 is 0. The summed E-state index contributed by atoms with van der Waals surface area (Å²) in [5, 5.41) is 5.04. The summed E-state index contributed by atoms with van der Waals surface area (Å²) in [6, 6.07) is 3.59. The van der Waals surface area contributed by atoms with Crippen LogP contribution in [0.15, 0.2) is 18.2 Å². The van der Waals surface area contributed by atoms with E-state index >= 15 is 0 Å². The Kier molecular flexibility index (Phi) is 4.45. The lowest BCUT2D eigenvalue weighted by molar-refractivity contribution is -0.118. The molecule has 0 radical (unpaired) electrons. The van der Waals surface area contributed by atoms with Crippen molar-refractivity contribution >= 4 is 17.5 Å². The Morgan fingerprint density at radius 2 is 1.94 bits per heavy atom. The Balaban J connectivity index is 2.52. The topological polar surface area (TPSA) is 84.2 Å². The Hall–Kier alpha value is -2.11. The van der Waals surface area contributed by atoms with Crippen LogP contribution < -0.4 is 16.4 Å². The number of nitrogens with two attached hydrogens (primary N) is 1. The number of rotatable bonds is 4. The zero-order valence-electron chi connectivity index (χ0n) is 9.42. The normalized spacial score (nSPS) is 9.76. The summed E-state index contributed by atoms with van der Waals surface area (Å²) < 4.78 is 12.9. The summed E-state index contributed by atoms with van der Waals surface area (Å²) in [4.78, 5) is 22.2. The van der Waals surface area contributed by atoms with Crippen LogP contribution >= 0.6 is 0 Å². The molecule has 0 bridgehead atoms. The van der Waals surface area contributed by atoms with Gasteiger partial charge in [-0.05, 0) is 18.2 Å². The summed E-state index contributed by atoms with van der Waals surface area (Å²) in [5.74, 6) is -1.16. The number of carbonyl (C=O) groups excluding carboxylic acids is 2. The zero-order chi connectivity index (χ0) is 12.8. The number of nitrogen functional groups attached to an aromatic ring is 1. The monoisotopic (exact) mass is 239 g/mol. The molecule has 0 aliphatic heterocycles. The van der Waals surface area contributed by atoms with Gasteiger partial charge in [-0.25, -0.2) is 4.39 Å². The van der Waals surface area contributed by atoms with Crippen molar-refractivity contribution in [2.45, 2.75) is 6.92 Å². The number of carbonyl (C=O) groups is 2. The standard InChI is InChI=1S/C11H14FN3O2/c1-7(16)14-4-5-15-11(17)9-6-8(12)2-3-10(9)13/h2-3,6H,4-5,13H2,1H3,(H,14,16)(H,15,17). The van der Waals surface area contributed by atoms with Crippen molar-refractivity contribution in [3.05, 3.63) is 29.6 Å². The average molecular weight is 239 g/mol. The molecule has 0 aromatic heterocycles. The molecule has 0 aliphatic rings. The molecule has 92 valence electrons. The van der Waals surface area contributed by atoms with E-state index in [0.717, 1.165) is 6.07 Å². The molecule has 5 nitrogen and oxygen atoms in total. The molecule has 1 aromatic rings. The lowest BCUT2D eigenvalue weighted by atomic mass is 10.1. The van der Waals surface area contributed by atoms with Crippen molar-refractivity contribution in [3.8, 4) is 0 Å². The van der Waals surface area contributed by atoms with Crippen LogP contribution in [0.4, 0.5) is 10.1 Å². The third-order valence-corrected chi connectivity index (χ3v) is 2.04. The van der Waals surface area contributed by atoms with Gasteiger partial charge in [0, 0.05) is 25.7 Å². The molecule has 6 heteroatoms. The number of nitrogens with one attached hydrogen (secondary N) is 2. The molecule has 0 unspecified atom stereocenters. The van der Waals surface area contributed by atoms with Gasteiger partial charge in [0.1, 0.15) is 5.82 Å². The minimum atomic E-state index is -0.522. The molecule has 0 heterocycles. The first kappa shape index (κ1) is 13.0. The van der Waals surface area contributed by atoms with Crippen molar-refractivity contribution in [1.29, 1.82) is 0 Å². The van der Waals surface area contributed by atoms with Crippen molar-refractivity contribution in [1.82, 2.24) is 10.6 Å². The van der Waals surface area contributed by atoms with Gasteiger partial charge in [-0.2, -0.15) is 0 Å². The van der Waals surface area contributed by atoms with E-state index in [9.17, 15) is 14.0 Å². The van der Waals surface area contributed by atoms with E-state index < -0.39 is 11.7 Å². The molecule has 17 heavy (non-hydrogen) atoms. The molecule has 0 aliphatic carbocycles. The van der Waals surface area contributed by atoms with Gasteiger partial charge in [-0.15, -0.1) is 0 Å². The molecule has 0 saturated carbocycles. The first-order valence-corrected chi connectivity index (χ1v) is 5.08. The van der Waals surface area contributed by atoms with Gasteiger partial charge in [-0.3, -0.25) is 9.59 Å². The van der Waals surface area contributed by atoms with Crippen molar-refractivity contribution in [2.24, 2.45) is 0 Å². The number of hydrogen-bond donors (Lipinski definition) is 3. The molecular weight excluding hydrogens is 225 g/mol. The number of hydrogen-bond acceptors (Lipinski definition) is 3. The van der Waals surface area contributed by atoms with Crippen LogP contribution in [0, 0.1) is 5.82 Å². The predicted molar refractivity (Wildman–Crippen MR) is 61.8 cm³/mol. The SMILES string of the molecule is CC(=O)NCCNC(=O)c1cc(F)ccc1N. The van der Waals surface area contributed by atoms with Crippen molar-refractivity contribution in [2.75, 3.05) is 18.8 Å². The van der Waals surface area contributed by atoms with Gasteiger partial charge in [0.05, 0.1) is 5.56 Å². The smallest absolute Gasteiger partial charge is 0.253 e.